The highest BCUT2D eigenvalue weighted by atomic mass is 79.9. The van der Waals surface area contributed by atoms with E-state index in [1.807, 2.05) is 0 Å². The molecule has 1 amide bonds. The van der Waals surface area contributed by atoms with Crippen LogP contribution in [-0.4, -0.2) is 47.0 Å². The maximum Gasteiger partial charge on any atom is 0.258 e. The van der Waals surface area contributed by atoms with E-state index in [0.29, 0.717) is 30.7 Å². The summed E-state index contributed by atoms with van der Waals surface area (Å²) in [7, 11) is 0. The SMILES string of the molecule is O=C(c1ccc(Br)cc1O)N1CCOCC1CBr. The smallest absolute Gasteiger partial charge is 0.258 e. The molecule has 4 nitrogen and oxygen atoms in total. The molecule has 6 heteroatoms. The molecule has 2 rings (SSSR count). The number of hydrogen-bond donors (Lipinski definition) is 1. The number of phenolic OH excluding ortho intramolecular Hbond substituents is 1. The molecule has 1 aliphatic heterocycles. The van der Waals surface area contributed by atoms with E-state index in [2.05, 4.69) is 31.9 Å². The van der Waals surface area contributed by atoms with Crippen molar-refractivity contribution in [2.45, 2.75) is 6.04 Å². The Labute approximate surface area is 122 Å². The Kier molecular flexibility index (Phi) is 4.64. The van der Waals surface area contributed by atoms with Gasteiger partial charge in [-0.15, -0.1) is 0 Å². The molecule has 0 aliphatic carbocycles. The fourth-order valence-electron chi connectivity index (χ4n) is 1.89. The zero-order valence-electron chi connectivity index (χ0n) is 9.60. The number of amides is 1. The van der Waals surface area contributed by atoms with Crippen molar-refractivity contribution < 1.29 is 14.6 Å². The number of halogens is 2. The number of carbonyl (C=O) groups excluding carboxylic acids is 1. The molecular formula is C12H13Br2NO3. The molecule has 0 bridgehead atoms. The van der Waals surface area contributed by atoms with Crippen molar-refractivity contribution >= 4 is 37.8 Å². The highest BCUT2D eigenvalue weighted by Gasteiger charge is 2.28. The van der Waals surface area contributed by atoms with E-state index in [4.69, 9.17) is 4.74 Å². The van der Waals surface area contributed by atoms with E-state index in [9.17, 15) is 9.90 Å². The molecule has 1 atom stereocenters. The van der Waals surface area contributed by atoms with Crippen LogP contribution in [0.3, 0.4) is 0 Å². The molecule has 1 fully saturated rings. The van der Waals surface area contributed by atoms with Crippen molar-refractivity contribution in [3.63, 3.8) is 0 Å². The molecule has 0 saturated carbocycles. The average Bonchev–Trinajstić information content (AvgIpc) is 2.38. The van der Waals surface area contributed by atoms with E-state index >= 15 is 0 Å². The van der Waals surface area contributed by atoms with Gasteiger partial charge in [0, 0.05) is 16.3 Å². The van der Waals surface area contributed by atoms with Gasteiger partial charge in [0.15, 0.2) is 0 Å². The first kappa shape index (κ1) is 13.8. The van der Waals surface area contributed by atoms with Gasteiger partial charge in [0.25, 0.3) is 5.91 Å². The van der Waals surface area contributed by atoms with Crippen LogP contribution in [0.5, 0.6) is 5.75 Å². The Morgan fingerprint density at radius 1 is 1.56 bits per heavy atom. The monoisotopic (exact) mass is 377 g/mol. The Hall–Kier alpha value is -0.590. The fraction of sp³-hybridized carbons (Fsp3) is 0.417. The van der Waals surface area contributed by atoms with Crippen LogP contribution >= 0.6 is 31.9 Å². The van der Waals surface area contributed by atoms with Crippen LogP contribution in [0.1, 0.15) is 10.4 Å². The van der Waals surface area contributed by atoms with Crippen molar-refractivity contribution in [2.24, 2.45) is 0 Å². The molecule has 0 radical (unpaired) electrons. The van der Waals surface area contributed by atoms with Crippen molar-refractivity contribution in [2.75, 3.05) is 25.1 Å². The first-order valence-electron chi connectivity index (χ1n) is 5.56. The summed E-state index contributed by atoms with van der Waals surface area (Å²) in [5.74, 6) is -0.165. The zero-order valence-corrected chi connectivity index (χ0v) is 12.8. The summed E-state index contributed by atoms with van der Waals surface area (Å²) >= 11 is 6.63. The third-order valence-corrected chi connectivity index (χ3v) is 4.10. The van der Waals surface area contributed by atoms with E-state index in [-0.39, 0.29) is 17.7 Å². The lowest BCUT2D eigenvalue weighted by atomic mass is 10.1. The molecule has 0 aromatic heterocycles. The lowest BCUT2D eigenvalue weighted by Gasteiger charge is -2.34. The van der Waals surface area contributed by atoms with E-state index in [0.717, 1.165) is 4.47 Å². The van der Waals surface area contributed by atoms with Gasteiger partial charge in [0.2, 0.25) is 0 Å². The number of alkyl halides is 1. The molecule has 1 heterocycles. The number of morpholine rings is 1. The van der Waals surface area contributed by atoms with Crippen molar-refractivity contribution in [1.29, 1.82) is 0 Å². The van der Waals surface area contributed by atoms with Crippen molar-refractivity contribution in [3.8, 4) is 5.75 Å². The van der Waals surface area contributed by atoms with Crippen molar-refractivity contribution in [1.82, 2.24) is 4.90 Å². The Balaban J connectivity index is 2.24. The minimum absolute atomic E-state index is 0.00538. The molecule has 1 unspecified atom stereocenters. The lowest BCUT2D eigenvalue weighted by molar-refractivity contribution is 0.00510. The third kappa shape index (κ3) is 2.87. The Morgan fingerprint density at radius 2 is 2.33 bits per heavy atom. The van der Waals surface area contributed by atoms with Crippen LogP contribution in [-0.2, 0) is 4.74 Å². The molecule has 0 spiro atoms. The number of nitrogens with zero attached hydrogens (tertiary/aromatic N) is 1. The molecule has 1 aromatic carbocycles. The van der Waals surface area contributed by atoms with Gasteiger partial charge >= 0.3 is 0 Å². The lowest BCUT2D eigenvalue weighted by Crippen LogP contribution is -2.49. The summed E-state index contributed by atoms with van der Waals surface area (Å²) in [5, 5.41) is 10.5. The second kappa shape index (κ2) is 6.04. The minimum atomic E-state index is -0.159. The maximum atomic E-state index is 12.4. The number of rotatable bonds is 2. The summed E-state index contributed by atoms with van der Waals surface area (Å²) in [5.41, 5.74) is 0.325. The van der Waals surface area contributed by atoms with Crippen LogP contribution in [0.25, 0.3) is 0 Å². The number of aromatic hydroxyl groups is 1. The van der Waals surface area contributed by atoms with Gasteiger partial charge in [-0.3, -0.25) is 4.79 Å². The summed E-state index contributed by atoms with van der Waals surface area (Å²) in [6.45, 7) is 1.60. The van der Waals surface area contributed by atoms with Crippen LogP contribution in [0.4, 0.5) is 0 Å². The first-order valence-corrected chi connectivity index (χ1v) is 7.48. The standard InChI is InChI=1S/C12H13Br2NO3/c13-6-9-7-18-4-3-15(9)12(17)10-2-1-8(14)5-11(10)16/h1-2,5,9,16H,3-4,6-7H2. The van der Waals surface area contributed by atoms with Gasteiger partial charge in [-0.2, -0.15) is 0 Å². The fourth-order valence-corrected chi connectivity index (χ4v) is 2.78. The number of phenols is 1. The van der Waals surface area contributed by atoms with Crippen molar-refractivity contribution in [3.05, 3.63) is 28.2 Å². The van der Waals surface area contributed by atoms with Crippen LogP contribution in [0, 0.1) is 0 Å². The molecule has 98 valence electrons. The molecule has 1 N–H and O–H groups in total. The molecule has 1 saturated heterocycles. The molecule has 1 aliphatic rings. The summed E-state index contributed by atoms with van der Waals surface area (Å²) in [6.07, 6.45) is 0. The predicted octanol–water partition coefficient (Wildman–Crippen LogP) is 2.39. The summed E-state index contributed by atoms with van der Waals surface area (Å²) < 4.78 is 6.09. The van der Waals surface area contributed by atoms with Gasteiger partial charge in [-0.1, -0.05) is 31.9 Å². The summed E-state index contributed by atoms with van der Waals surface area (Å²) in [6, 6.07) is 4.91. The quantitative estimate of drug-likeness (QED) is 0.804. The molecule has 1 aromatic rings. The largest absolute Gasteiger partial charge is 0.507 e. The maximum absolute atomic E-state index is 12.4. The summed E-state index contributed by atoms with van der Waals surface area (Å²) in [4.78, 5) is 14.1. The zero-order chi connectivity index (χ0) is 13.1. The number of hydrogen-bond acceptors (Lipinski definition) is 3. The average molecular weight is 379 g/mol. The van der Waals surface area contributed by atoms with Gasteiger partial charge in [-0.05, 0) is 18.2 Å². The van der Waals surface area contributed by atoms with Gasteiger partial charge in [0.1, 0.15) is 5.75 Å². The second-order valence-corrected chi connectivity index (χ2v) is 5.61. The Bertz CT molecular complexity index is 453. The van der Waals surface area contributed by atoms with Gasteiger partial charge in [0.05, 0.1) is 24.8 Å². The third-order valence-electron chi connectivity index (χ3n) is 2.86. The van der Waals surface area contributed by atoms with Crippen LogP contribution in [0.15, 0.2) is 22.7 Å². The van der Waals surface area contributed by atoms with E-state index in [1.165, 1.54) is 6.07 Å². The molecule has 18 heavy (non-hydrogen) atoms. The minimum Gasteiger partial charge on any atom is -0.507 e. The van der Waals surface area contributed by atoms with E-state index in [1.54, 1.807) is 17.0 Å². The van der Waals surface area contributed by atoms with Crippen LogP contribution in [0.2, 0.25) is 0 Å². The Morgan fingerprint density at radius 3 is 3.00 bits per heavy atom. The highest BCUT2D eigenvalue weighted by molar-refractivity contribution is 9.10. The number of carbonyl (C=O) groups is 1. The second-order valence-electron chi connectivity index (χ2n) is 4.04. The number of benzene rings is 1. The highest BCUT2D eigenvalue weighted by Crippen LogP contribution is 2.25. The molecular weight excluding hydrogens is 366 g/mol. The predicted molar refractivity (Wildman–Crippen MR) is 75.2 cm³/mol. The number of ether oxygens (including phenoxy) is 1. The normalized spacial score (nSPS) is 19.9. The van der Waals surface area contributed by atoms with E-state index < -0.39 is 0 Å². The topological polar surface area (TPSA) is 49.8 Å². The first-order chi connectivity index (χ1) is 8.63. The van der Waals surface area contributed by atoms with Gasteiger partial charge < -0.3 is 14.7 Å². The van der Waals surface area contributed by atoms with Crippen LogP contribution < -0.4 is 0 Å². The van der Waals surface area contributed by atoms with Gasteiger partial charge in [-0.25, -0.2) is 0 Å².